The van der Waals surface area contributed by atoms with E-state index in [1.807, 2.05) is 0 Å². The number of aromatic nitrogens is 2. The fourth-order valence-electron chi connectivity index (χ4n) is 1.90. The molecule has 20 heavy (non-hydrogen) atoms. The summed E-state index contributed by atoms with van der Waals surface area (Å²) in [4.78, 5) is 12.2. The lowest BCUT2D eigenvalue weighted by Gasteiger charge is -2.07. The van der Waals surface area contributed by atoms with E-state index in [4.69, 9.17) is 23.2 Å². The molecular weight excluding hydrogens is 297 g/mol. The summed E-state index contributed by atoms with van der Waals surface area (Å²) in [5.41, 5.74) is 1.88. The summed E-state index contributed by atoms with van der Waals surface area (Å²) in [6.07, 6.45) is 1.83. The Kier molecular flexibility index (Phi) is 4.68. The SMILES string of the molecule is CCCc1cc(C(=O)Nc2cc(Cl)ccc2Cl)n(C)n1. The van der Waals surface area contributed by atoms with Crippen LogP contribution in [0.25, 0.3) is 0 Å². The van der Waals surface area contributed by atoms with Crippen molar-refractivity contribution in [1.82, 2.24) is 9.78 Å². The second kappa shape index (κ2) is 6.29. The number of rotatable bonds is 4. The van der Waals surface area contributed by atoms with Crippen molar-refractivity contribution in [1.29, 1.82) is 0 Å². The summed E-state index contributed by atoms with van der Waals surface area (Å²) in [5.74, 6) is -0.258. The number of carbonyl (C=O) groups is 1. The quantitative estimate of drug-likeness (QED) is 0.930. The number of anilines is 1. The Labute approximate surface area is 127 Å². The van der Waals surface area contributed by atoms with E-state index in [0.29, 0.717) is 21.4 Å². The van der Waals surface area contributed by atoms with Crippen molar-refractivity contribution < 1.29 is 4.79 Å². The van der Waals surface area contributed by atoms with E-state index < -0.39 is 0 Å². The van der Waals surface area contributed by atoms with Crippen LogP contribution in [0.2, 0.25) is 10.0 Å². The minimum Gasteiger partial charge on any atom is -0.319 e. The molecule has 1 aromatic carbocycles. The minimum atomic E-state index is -0.258. The normalized spacial score (nSPS) is 10.6. The topological polar surface area (TPSA) is 46.9 Å². The fraction of sp³-hybridized carbons (Fsp3) is 0.286. The van der Waals surface area contributed by atoms with Gasteiger partial charge in [0.1, 0.15) is 5.69 Å². The molecule has 0 bridgehead atoms. The summed E-state index contributed by atoms with van der Waals surface area (Å²) in [6.45, 7) is 2.07. The second-order valence-electron chi connectivity index (χ2n) is 4.47. The Morgan fingerprint density at radius 1 is 1.35 bits per heavy atom. The Hall–Kier alpha value is -1.52. The van der Waals surface area contributed by atoms with E-state index in [1.165, 1.54) is 0 Å². The number of carbonyl (C=O) groups excluding carboxylic acids is 1. The summed E-state index contributed by atoms with van der Waals surface area (Å²) in [6, 6.07) is 6.72. The third-order valence-electron chi connectivity index (χ3n) is 2.85. The predicted octanol–water partition coefficient (Wildman–Crippen LogP) is 3.93. The highest BCUT2D eigenvalue weighted by atomic mass is 35.5. The standard InChI is InChI=1S/C14H15Cl2N3O/c1-3-4-10-8-13(19(2)18-10)14(20)17-12-7-9(15)5-6-11(12)16/h5-8H,3-4H2,1-2H3,(H,17,20). The number of benzene rings is 1. The molecule has 0 spiro atoms. The van der Waals surface area contributed by atoms with Gasteiger partial charge in [0, 0.05) is 12.1 Å². The van der Waals surface area contributed by atoms with Crippen molar-refractivity contribution in [2.75, 3.05) is 5.32 Å². The molecule has 2 aromatic rings. The molecule has 0 aliphatic heterocycles. The molecule has 1 heterocycles. The van der Waals surface area contributed by atoms with E-state index in [-0.39, 0.29) is 5.91 Å². The fourth-order valence-corrected chi connectivity index (χ4v) is 2.23. The van der Waals surface area contributed by atoms with Gasteiger partial charge in [-0.2, -0.15) is 5.10 Å². The van der Waals surface area contributed by atoms with Gasteiger partial charge < -0.3 is 5.32 Å². The predicted molar refractivity (Wildman–Crippen MR) is 81.6 cm³/mol. The van der Waals surface area contributed by atoms with E-state index >= 15 is 0 Å². The molecule has 0 saturated heterocycles. The molecule has 0 aliphatic carbocycles. The molecule has 6 heteroatoms. The van der Waals surface area contributed by atoms with Crippen LogP contribution in [0, 0.1) is 0 Å². The first kappa shape index (κ1) is 14.9. The van der Waals surface area contributed by atoms with E-state index in [9.17, 15) is 4.79 Å². The van der Waals surface area contributed by atoms with Crippen LogP contribution in [0.3, 0.4) is 0 Å². The Balaban J connectivity index is 2.21. The van der Waals surface area contributed by atoms with Gasteiger partial charge in [0.25, 0.3) is 5.91 Å². The van der Waals surface area contributed by atoms with Crippen LogP contribution >= 0.6 is 23.2 Å². The number of hydrogen-bond donors (Lipinski definition) is 1. The highest BCUT2D eigenvalue weighted by Crippen LogP contribution is 2.25. The lowest BCUT2D eigenvalue weighted by molar-refractivity contribution is 0.101. The molecule has 0 atom stereocenters. The van der Waals surface area contributed by atoms with Gasteiger partial charge >= 0.3 is 0 Å². The van der Waals surface area contributed by atoms with Gasteiger partial charge in [-0.05, 0) is 30.7 Å². The Bertz CT molecular complexity index is 637. The molecule has 2 rings (SSSR count). The molecule has 1 aromatic heterocycles. The third-order valence-corrected chi connectivity index (χ3v) is 3.41. The zero-order chi connectivity index (χ0) is 14.7. The van der Waals surface area contributed by atoms with Crippen LogP contribution in [0.4, 0.5) is 5.69 Å². The van der Waals surface area contributed by atoms with Crippen molar-refractivity contribution >= 4 is 34.8 Å². The van der Waals surface area contributed by atoms with Crippen LogP contribution in [-0.2, 0) is 13.5 Å². The summed E-state index contributed by atoms with van der Waals surface area (Å²) in [7, 11) is 1.74. The lowest BCUT2D eigenvalue weighted by Crippen LogP contribution is -2.16. The molecule has 0 fully saturated rings. The smallest absolute Gasteiger partial charge is 0.273 e. The van der Waals surface area contributed by atoms with Crippen LogP contribution in [0.15, 0.2) is 24.3 Å². The maximum absolute atomic E-state index is 12.2. The van der Waals surface area contributed by atoms with Gasteiger partial charge in [0.2, 0.25) is 0 Å². The Morgan fingerprint density at radius 2 is 2.10 bits per heavy atom. The van der Waals surface area contributed by atoms with Crippen molar-refractivity contribution in [3.63, 3.8) is 0 Å². The molecule has 1 amide bonds. The van der Waals surface area contributed by atoms with Crippen molar-refractivity contribution in [3.05, 3.63) is 45.7 Å². The highest BCUT2D eigenvalue weighted by Gasteiger charge is 2.14. The summed E-state index contributed by atoms with van der Waals surface area (Å²) < 4.78 is 1.57. The van der Waals surface area contributed by atoms with Gasteiger partial charge in [-0.15, -0.1) is 0 Å². The van der Waals surface area contributed by atoms with Gasteiger partial charge in [0.05, 0.1) is 16.4 Å². The van der Waals surface area contributed by atoms with E-state index in [2.05, 4.69) is 17.3 Å². The molecule has 0 unspecified atom stereocenters. The van der Waals surface area contributed by atoms with Crippen molar-refractivity contribution in [3.8, 4) is 0 Å². The largest absolute Gasteiger partial charge is 0.319 e. The van der Waals surface area contributed by atoms with E-state index in [1.54, 1.807) is 36.0 Å². The lowest BCUT2D eigenvalue weighted by atomic mass is 10.2. The number of amides is 1. The van der Waals surface area contributed by atoms with Gasteiger partial charge in [-0.25, -0.2) is 0 Å². The molecule has 0 radical (unpaired) electrons. The first-order chi connectivity index (χ1) is 9.51. The van der Waals surface area contributed by atoms with Gasteiger partial charge in [-0.1, -0.05) is 36.5 Å². The minimum absolute atomic E-state index is 0.258. The van der Waals surface area contributed by atoms with E-state index in [0.717, 1.165) is 18.5 Å². The number of nitrogens with one attached hydrogen (secondary N) is 1. The number of nitrogens with zero attached hydrogens (tertiary/aromatic N) is 2. The average Bonchev–Trinajstić information content (AvgIpc) is 2.75. The van der Waals surface area contributed by atoms with Gasteiger partial charge in [0.15, 0.2) is 0 Å². The number of hydrogen-bond acceptors (Lipinski definition) is 2. The molecule has 4 nitrogen and oxygen atoms in total. The first-order valence-electron chi connectivity index (χ1n) is 6.30. The van der Waals surface area contributed by atoms with Crippen LogP contribution < -0.4 is 5.32 Å². The molecule has 1 N–H and O–H groups in total. The van der Waals surface area contributed by atoms with Crippen LogP contribution in [0.1, 0.15) is 29.5 Å². The second-order valence-corrected chi connectivity index (χ2v) is 5.32. The molecule has 0 aliphatic rings. The zero-order valence-corrected chi connectivity index (χ0v) is 12.8. The maximum Gasteiger partial charge on any atom is 0.273 e. The van der Waals surface area contributed by atoms with Crippen LogP contribution in [-0.4, -0.2) is 15.7 Å². The zero-order valence-electron chi connectivity index (χ0n) is 11.3. The highest BCUT2D eigenvalue weighted by molar-refractivity contribution is 6.35. The van der Waals surface area contributed by atoms with Gasteiger partial charge in [-0.3, -0.25) is 9.48 Å². The van der Waals surface area contributed by atoms with Crippen LogP contribution in [0.5, 0.6) is 0 Å². The number of halogens is 2. The van der Waals surface area contributed by atoms with Crippen molar-refractivity contribution in [2.45, 2.75) is 19.8 Å². The summed E-state index contributed by atoms with van der Waals surface area (Å²) in [5, 5.41) is 8.01. The average molecular weight is 312 g/mol. The molecule has 106 valence electrons. The summed E-state index contributed by atoms with van der Waals surface area (Å²) >= 11 is 11.9. The maximum atomic E-state index is 12.2. The third kappa shape index (κ3) is 3.32. The van der Waals surface area contributed by atoms with Crippen molar-refractivity contribution in [2.24, 2.45) is 7.05 Å². The first-order valence-corrected chi connectivity index (χ1v) is 7.06. The Morgan fingerprint density at radius 3 is 2.80 bits per heavy atom. The molecular formula is C14H15Cl2N3O. The number of aryl methyl sites for hydroxylation is 2. The monoisotopic (exact) mass is 311 g/mol. The molecule has 0 saturated carbocycles.